The van der Waals surface area contributed by atoms with Crippen molar-refractivity contribution in [2.75, 3.05) is 13.2 Å². The summed E-state index contributed by atoms with van der Waals surface area (Å²) in [6.45, 7) is -0.525. The SMILES string of the molecule is O[C@@H]1[C@@H](O)[C@H](O[C@H]2[C@H](O)[C@@H](O)CO[C@H]2O)OC[C@H]1O. The van der Waals surface area contributed by atoms with Crippen molar-refractivity contribution in [1.29, 1.82) is 0 Å². The van der Waals surface area contributed by atoms with Gasteiger partial charge in [0.15, 0.2) is 12.6 Å². The van der Waals surface area contributed by atoms with Gasteiger partial charge in [-0.1, -0.05) is 0 Å². The zero-order chi connectivity index (χ0) is 14.2. The Labute approximate surface area is 108 Å². The predicted octanol–water partition coefficient (Wildman–Crippen LogP) is -4.12. The molecular weight excluding hydrogens is 264 g/mol. The number of aliphatic hydroxyl groups is 6. The highest BCUT2D eigenvalue weighted by atomic mass is 16.7. The summed E-state index contributed by atoms with van der Waals surface area (Å²) in [6, 6.07) is 0. The van der Waals surface area contributed by atoms with Gasteiger partial charge in [-0.2, -0.15) is 0 Å². The van der Waals surface area contributed by atoms with Crippen molar-refractivity contribution in [3.8, 4) is 0 Å². The predicted molar refractivity (Wildman–Crippen MR) is 56.6 cm³/mol. The molecule has 6 N–H and O–H groups in total. The fourth-order valence-corrected chi connectivity index (χ4v) is 1.98. The Morgan fingerprint density at radius 2 is 1.32 bits per heavy atom. The minimum Gasteiger partial charge on any atom is -0.388 e. The van der Waals surface area contributed by atoms with Gasteiger partial charge in [-0.25, -0.2) is 0 Å². The first kappa shape index (κ1) is 15.0. The van der Waals surface area contributed by atoms with Crippen molar-refractivity contribution in [3.05, 3.63) is 0 Å². The standard InChI is InChI=1S/C10H18O9/c11-3-2-18-10(7(15)5(3)13)19-8-6(14)4(12)1-17-9(8)16/h3-16H,1-2H2/t3-,4+,5+,6-,7-,8+,9-,10+/m1/s1. The van der Waals surface area contributed by atoms with E-state index in [0.717, 1.165) is 0 Å². The Kier molecular flexibility index (Phi) is 4.71. The molecule has 2 fully saturated rings. The molecule has 0 radical (unpaired) electrons. The molecule has 19 heavy (non-hydrogen) atoms. The van der Waals surface area contributed by atoms with E-state index in [-0.39, 0.29) is 13.2 Å². The summed E-state index contributed by atoms with van der Waals surface area (Å²) in [5.41, 5.74) is 0. The molecule has 2 saturated heterocycles. The zero-order valence-electron chi connectivity index (χ0n) is 9.94. The first-order valence-electron chi connectivity index (χ1n) is 5.89. The molecule has 0 aromatic carbocycles. The van der Waals surface area contributed by atoms with E-state index in [1.54, 1.807) is 0 Å². The molecule has 0 aromatic heterocycles. The van der Waals surface area contributed by atoms with Crippen molar-refractivity contribution in [2.45, 2.75) is 49.2 Å². The van der Waals surface area contributed by atoms with Gasteiger partial charge >= 0.3 is 0 Å². The van der Waals surface area contributed by atoms with Crippen molar-refractivity contribution in [3.63, 3.8) is 0 Å². The van der Waals surface area contributed by atoms with Crippen LogP contribution in [0.15, 0.2) is 0 Å². The lowest BCUT2D eigenvalue weighted by atomic mass is 10.0. The molecule has 9 nitrogen and oxygen atoms in total. The lowest BCUT2D eigenvalue weighted by Gasteiger charge is -2.41. The summed E-state index contributed by atoms with van der Waals surface area (Å²) in [5, 5.41) is 57.0. The fourth-order valence-electron chi connectivity index (χ4n) is 1.98. The van der Waals surface area contributed by atoms with E-state index in [4.69, 9.17) is 14.2 Å². The average molecular weight is 282 g/mol. The number of rotatable bonds is 2. The van der Waals surface area contributed by atoms with Crippen molar-refractivity contribution in [2.24, 2.45) is 0 Å². The van der Waals surface area contributed by atoms with Crippen LogP contribution < -0.4 is 0 Å². The molecule has 0 saturated carbocycles. The first-order valence-corrected chi connectivity index (χ1v) is 5.89. The summed E-state index contributed by atoms with van der Waals surface area (Å²) in [5.74, 6) is 0. The Bertz CT molecular complexity index is 301. The molecule has 8 atom stereocenters. The normalized spacial score (nSPS) is 52.1. The molecule has 9 heteroatoms. The van der Waals surface area contributed by atoms with E-state index < -0.39 is 49.2 Å². The van der Waals surface area contributed by atoms with Gasteiger partial charge in [-0.3, -0.25) is 0 Å². The average Bonchev–Trinajstić information content (AvgIpc) is 2.39. The van der Waals surface area contributed by atoms with Crippen molar-refractivity contribution in [1.82, 2.24) is 0 Å². The largest absolute Gasteiger partial charge is 0.388 e. The Morgan fingerprint density at radius 3 is 2.00 bits per heavy atom. The number of aliphatic hydroxyl groups excluding tert-OH is 6. The quantitative estimate of drug-likeness (QED) is 0.297. The maximum atomic E-state index is 9.68. The Balaban J connectivity index is 1.99. The van der Waals surface area contributed by atoms with Crippen LogP contribution in [0.3, 0.4) is 0 Å². The number of hydrogen-bond donors (Lipinski definition) is 6. The molecule has 2 aliphatic rings. The molecule has 2 aliphatic heterocycles. The zero-order valence-corrected chi connectivity index (χ0v) is 9.94. The molecule has 112 valence electrons. The van der Waals surface area contributed by atoms with Gasteiger partial charge in [0.2, 0.25) is 0 Å². The maximum absolute atomic E-state index is 9.68. The lowest BCUT2D eigenvalue weighted by molar-refractivity contribution is -0.336. The maximum Gasteiger partial charge on any atom is 0.186 e. The van der Waals surface area contributed by atoms with Gasteiger partial charge in [0.05, 0.1) is 13.2 Å². The molecule has 2 rings (SSSR count). The second kappa shape index (κ2) is 5.95. The fraction of sp³-hybridized carbons (Fsp3) is 1.00. The van der Waals surface area contributed by atoms with E-state index in [2.05, 4.69) is 0 Å². The summed E-state index contributed by atoms with van der Waals surface area (Å²) >= 11 is 0. The van der Waals surface area contributed by atoms with E-state index >= 15 is 0 Å². The third-order valence-corrected chi connectivity index (χ3v) is 3.20. The number of hydrogen-bond acceptors (Lipinski definition) is 9. The van der Waals surface area contributed by atoms with Crippen LogP contribution in [0.25, 0.3) is 0 Å². The van der Waals surface area contributed by atoms with E-state index in [1.165, 1.54) is 0 Å². The van der Waals surface area contributed by atoms with Crippen LogP contribution in [-0.4, -0.2) is 93.1 Å². The summed E-state index contributed by atoms with van der Waals surface area (Å²) in [6.07, 6.45) is -11.2. The summed E-state index contributed by atoms with van der Waals surface area (Å²) in [4.78, 5) is 0. The van der Waals surface area contributed by atoms with Gasteiger partial charge in [-0.05, 0) is 0 Å². The van der Waals surface area contributed by atoms with Crippen LogP contribution in [0, 0.1) is 0 Å². The molecule has 0 unspecified atom stereocenters. The smallest absolute Gasteiger partial charge is 0.186 e. The first-order chi connectivity index (χ1) is 8.91. The Hall–Kier alpha value is -0.360. The second-order valence-electron chi connectivity index (χ2n) is 4.63. The van der Waals surface area contributed by atoms with E-state index in [9.17, 15) is 30.6 Å². The molecule has 0 amide bonds. The molecular formula is C10H18O9. The third-order valence-electron chi connectivity index (χ3n) is 3.20. The van der Waals surface area contributed by atoms with Gasteiger partial charge in [0.25, 0.3) is 0 Å². The van der Waals surface area contributed by atoms with Gasteiger partial charge in [0, 0.05) is 0 Å². The van der Waals surface area contributed by atoms with Crippen LogP contribution in [-0.2, 0) is 14.2 Å². The molecule has 0 aliphatic carbocycles. The third kappa shape index (κ3) is 3.05. The van der Waals surface area contributed by atoms with Gasteiger partial charge < -0.3 is 44.8 Å². The van der Waals surface area contributed by atoms with Crippen molar-refractivity contribution >= 4 is 0 Å². The minimum absolute atomic E-state index is 0.252. The van der Waals surface area contributed by atoms with Crippen LogP contribution in [0.2, 0.25) is 0 Å². The molecule has 2 heterocycles. The van der Waals surface area contributed by atoms with Crippen LogP contribution in [0.5, 0.6) is 0 Å². The topological polar surface area (TPSA) is 149 Å². The van der Waals surface area contributed by atoms with Gasteiger partial charge in [0.1, 0.15) is 36.6 Å². The van der Waals surface area contributed by atoms with Crippen LogP contribution in [0.1, 0.15) is 0 Å². The molecule has 0 bridgehead atoms. The molecule has 0 spiro atoms. The van der Waals surface area contributed by atoms with Gasteiger partial charge in [-0.15, -0.1) is 0 Å². The Morgan fingerprint density at radius 1 is 0.737 bits per heavy atom. The summed E-state index contributed by atoms with van der Waals surface area (Å²) in [7, 11) is 0. The highest BCUT2D eigenvalue weighted by Crippen LogP contribution is 2.23. The summed E-state index contributed by atoms with van der Waals surface area (Å²) < 4.78 is 14.9. The second-order valence-corrected chi connectivity index (χ2v) is 4.63. The highest BCUT2D eigenvalue weighted by Gasteiger charge is 2.45. The number of ether oxygens (including phenoxy) is 3. The lowest BCUT2D eigenvalue weighted by Crippen LogP contribution is -2.60. The van der Waals surface area contributed by atoms with Crippen LogP contribution in [0.4, 0.5) is 0 Å². The van der Waals surface area contributed by atoms with E-state index in [1.807, 2.05) is 0 Å². The van der Waals surface area contributed by atoms with E-state index in [0.29, 0.717) is 0 Å². The highest BCUT2D eigenvalue weighted by molar-refractivity contribution is 4.87. The minimum atomic E-state index is -1.55. The molecule has 0 aromatic rings. The van der Waals surface area contributed by atoms with Crippen molar-refractivity contribution < 1.29 is 44.8 Å². The monoisotopic (exact) mass is 282 g/mol. The van der Waals surface area contributed by atoms with Crippen LogP contribution >= 0.6 is 0 Å².